The molecule has 2 unspecified atom stereocenters. The molecule has 1 N–H and O–H groups in total. The van der Waals surface area contributed by atoms with Crippen molar-refractivity contribution in [1.29, 1.82) is 0 Å². The molecule has 90 valence electrons. The smallest absolute Gasteiger partial charge is 0.0589 e. The second kappa shape index (κ2) is 7.20. The SMILES string of the molecule is CCNC1CCC(N(CC)CCOC)C1. The molecule has 0 aliphatic heterocycles. The van der Waals surface area contributed by atoms with Crippen molar-refractivity contribution in [3.63, 3.8) is 0 Å². The summed E-state index contributed by atoms with van der Waals surface area (Å²) in [4.78, 5) is 2.56. The molecule has 0 aromatic carbocycles. The Bertz CT molecular complexity index is 164. The maximum atomic E-state index is 5.15. The quantitative estimate of drug-likeness (QED) is 0.695. The van der Waals surface area contributed by atoms with E-state index in [1.807, 2.05) is 0 Å². The number of hydrogen-bond donors (Lipinski definition) is 1. The molecule has 3 heteroatoms. The van der Waals surface area contributed by atoms with E-state index in [4.69, 9.17) is 4.74 Å². The highest BCUT2D eigenvalue weighted by atomic mass is 16.5. The van der Waals surface area contributed by atoms with Crippen molar-refractivity contribution in [2.45, 2.75) is 45.2 Å². The van der Waals surface area contributed by atoms with Crippen LogP contribution in [-0.2, 0) is 4.74 Å². The number of rotatable bonds is 7. The maximum Gasteiger partial charge on any atom is 0.0589 e. The number of nitrogens with zero attached hydrogens (tertiary/aromatic N) is 1. The summed E-state index contributed by atoms with van der Waals surface area (Å²) in [7, 11) is 1.78. The lowest BCUT2D eigenvalue weighted by Crippen LogP contribution is -2.37. The largest absolute Gasteiger partial charge is 0.383 e. The molecular formula is C12H26N2O. The van der Waals surface area contributed by atoms with E-state index in [1.54, 1.807) is 7.11 Å². The molecular weight excluding hydrogens is 188 g/mol. The van der Waals surface area contributed by atoms with Crippen LogP contribution < -0.4 is 5.32 Å². The molecule has 0 saturated heterocycles. The molecule has 0 aromatic rings. The normalized spacial score (nSPS) is 26.4. The van der Waals surface area contributed by atoms with E-state index in [-0.39, 0.29) is 0 Å². The van der Waals surface area contributed by atoms with Crippen LogP contribution in [0.3, 0.4) is 0 Å². The van der Waals surface area contributed by atoms with E-state index in [9.17, 15) is 0 Å². The second-order valence-corrected chi connectivity index (χ2v) is 4.34. The lowest BCUT2D eigenvalue weighted by Gasteiger charge is -2.27. The van der Waals surface area contributed by atoms with E-state index in [1.165, 1.54) is 19.3 Å². The van der Waals surface area contributed by atoms with E-state index >= 15 is 0 Å². The van der Waals surface area contributed by atoms with Crippen molar-refractivity contribution in [3.05, 3.63) is 0 Å². The first-order valence-electron chi connectivity index (χ1n) is 6.28. The average molecular weight is 214 g/mol. The highest BCUT2D eigenvalue weighted by Gasteiger charge is 2.27. The molecule has 1 aliphatic rings. The van der Waals surface area contributed by atoms with Gasteiger partial charge in [-0.15, -0.1) is 0 Å². The van der Waals surface area contributed by atoms with E-state index in [2.05, 4.69) is 24.1 Å². The third kappa shape index (κ3) is 4.09. The molecule has 1 aliphatic carbocycles. The van der Waals surface area contributed by atoms with Crippen LogP contribution in [-0.4, -0.2) is 50.3 Å². The lowest BCUT2D eigenvalue weighted by molar-refractivity contribution is 0.124. The minimum absolute atomic E-state index is 0.747. The number of hydrogen-bond acceptors (Lipinski definition) is 3. The molecule has 1 rings (SSSR count). The van der Waals surface area contributed by atoms with Gasteiger partial charge in [-0.1, -0.05) is 13.8 Å². The first kappa shape index (κ1) is 12.9. The van der Waals surface area contributed by atoms with Gasteiger partial charge in [0.05, 0.1) is 6.61 Å². The molecule has 1 saturated carbocycles. The minimum Gasteiger partial charge on any atom is -0.383 e. The highest BCUT2D eigenvalue weighted by Crippen LogP contribution is 2.23. The van der Waals surface area contributed by atoms with Gasteiger partial charge in [-0.3, -0.25) is 4.90 Å². The third-order valence-corrected chi connectivity index (χ3v) is 3.40. The van der Waals surface area contributed by atoms with Gasteiger partial charge >= 0.3 is 0 Å². The van der Waals surface area contributed by atoms with Crippen LogP contribution in [0.2, 0.25) is 0 Å². The van der Waals surface area contributed by atoms with Crippen molar-refractivity contribution in [3.8, 4) is 0 Å². The molecule has 0 radical (unpaired) electrons. The summed E-state index contributed by atoms with van der Waals surface area (Å²) in [6.07, 6.45) is 3.99. The minimum atomic E-state index is 0.747. The van der Waals surface area contributed by atoms with Crippen molar-refractivity contribution >= 4 is 0 Å². The fourth-order valence-corrected chi connectivity index (χ4v) is 2.57. The average Bonchev–Trinajstić information content (AvgIpc) is 2.68. The zero-order valence-electron chi connectivity index (χ0n) is 10.5. The van der Waals surface area contributed by atoms with Crippen LogP contribution >= 0.6 is 0 Å². The predicted octanol–water partition coefficient (Wildman–Crippen LogP) is 1.49. The van der Waals surface area contributed by atoms with Crippen molar-refractivity contribution < 1.29 is 4.74 Å². The topological polar surface area (TPSA) is 24.5 Å². The lowest BCUT2D eigenvalue weighted by atomic mass is 10.2. The van der Waals surface area contributed by atoms with Crippen LogP contribution in [0.15, 0.2) is 0 Å². The molecule has 0 heterocycles. The number of likely N-dealkylation sites (N-methyl/N-ethyl adjacent to an activating group) is 1. The Morgan fingerprint density at radius 1 is 1.33 bits per heavy atom. The molecule has 1 fully saturated rings. The Morgan fingerprint density at radius 3 is 2.73 bits per heavy atom. The summed E-state index contributed by atoms with van der Waals surface area (Å²) >= 11 is 0. The van der Waals surface area contributed by atoms with Gasteiger partial charge in [-0.2, -0.15) is 0 Å². The Hall–Kier alpha value is -0.120. The van der Waals surface area contributed by atoms with Crippen LogP contribution in [0.25, 0.3) is 0 Å². The second-order valence-electron chi connectivity index (χ2n) is 4.34. The van der Waals surface area contributed by atoms with E-state index in [0.29, 0.717) is 0 Å². The maximum absolute atomic E-state index is 5.15. The molecule has 15 heavy (non-hydrogen) atoms. The first-order chi connectivity index (χ1) is 7.31. The van der Waals surface area contributed by atoms with Gasteiger partial charge in [-0.05, 0) is 32.4 Å². The summed E-state index contributed by atoms with van der Waals surface area (Å²) in [5.41, 5.74) is 0. The summed E-state index contributed by atoms with van der Waals surface area (Å²) in [6, 6.07) is 1.52. The van der Waals surface area contributed by atoms with Crippen LogP contribution in [0, 0.1) is 0 Å². The van der Waals surface area contributed by atoms with Crippen LogP contribution in [0.5, 0.6) is 0 Å². The zero-order chi connectivity index (χ0) is 11.1. The fourth-order valence-electron chi connectivity index (χ4n) is 2.57. The van der Waals surface area contributed by atoms with Gasteiger partial charge in [0.1, 0.15) is 0 Å². The Kier molecular flexibility index (Phi) is 6.22. The third-order valence-electron chi connectivity index (χ3n) is 3.40. The van der Waals surface area contributed by atoms with Crippen molar-refractivity contribution in [2.24, 2.45) is 0 Å². The zero-order valence-corrected chi connectivity index (χ0v) is 10.5. The van der Waals surface area contributed by atoms with Gasteiger partial charge in [-0.25, -0.2) is 0 Å². The highest BCUT2D eigenvalue weighted by molar-refractivity contribution is 4.86. The molecule has 3 nitrogen and oxygen atoms in total. The standard InChI is InChI=1S/C12H26N2O/c1-4-13-11-6-7-12(10-11)14(5-2)8-9-15-3/h11-13H,4-10H2,1-3H3. The molecule has 0 spiro atoms. The van der Waals surface area contributed by atoms with E-state index in [0.717, 1.165) is 38.3 Å². The fraction of sp³-hybridized carbons (Fsp3) is 1.00. The van der Waals surface area contributed by atoms with Gasteiger partial charge < -0.3 is 10.1 Å². The van der Waals surface area contributed by atoms with Gasteiger partial charge in [0.15, 0.2) is 0 Å². The summed E-state index contributed by atoms with van der Waals surface area (Å²) in [5, 5.41) is 3.55. The van der Waals surface area contributed by atoms with Crippen LogP contribution in [0.4, 0.5) is 0 Å². The summed E-state index contributed by atoms with van der Waals surface area (Å²) in [5.74, 6) is 0. The summed E-state index contributed by atoms with van der Waals surface area (Å²) < 4.78 is 5.15. The van der Waals surface area contributed by atoms with E-state index < -0.39 is 0 Å². The Labute approximate surface area is 94.2 Å². The summed E-state index contributed by atoms with van der Waals surface area (Å²) in [6.45, 7) is 8.62. The van der Waals surface area contributed by atoms with Crippen molar-refractivity contribution in [2.75, 3.05) is 33.4 Å². The van der Waals surface area contributed by atoms with Gasteiger partial charge in [0.25, 0.3) is 0 Å². The van der Waals surface area contributed by atoms with Gasteiger partial charge in [0, 0.05) is 25.7 Å². The number of nitrogens with one attached hydrogen (secondary N) is 1. The Balaban J connectivity index is 2.29. The predicted molar refractivity (Wildman–Crippen MR) is 64.2 cm³/mol. The molecule has 0 bridgehead atoms. The Morgan fingerprint density at radius 2 is 2.13 bits per heavy atom. The van der Waals surface area contributed by atoms with Gasteiger partial charge in [0.2, 0.25) is 0 Å². The van der Waals surface area contributed by atoms with Crippen molar-refractivity contribution in [1.82, 2.24) is 10.2 Å². The number of ether oxygens (including phenoxy) is 1. The molecule has 0 aromatic heterocycles. The monoisotopic (exact) mass is 214 g/mol. The number of methoxy groups -OCH3 is 1. The molecule has 0 amide bonds. The van der Waals surface area contributed by atoms with Crippen LogP contribution in [0.1, 0.15) is 33.1 Å². The first-order valence-corrected chi connectivity index (χ1v) is 6.28. The molecule has 2 atom stereocenters.